The number of piperazine rings is 1. The largest absolute Gasteiger partial charge is 0.454 e. The van der Waals surface area contributed by atoms with Crippen LogP contribution in [-0.4, -0.2) is 59.5 Å². The molecule has 0 saturated carbocycles. The SMILES string of the molecule is O=C(c1ccc2c(c1)OCO2)N1CCN(C(=O)c2ccc([N+](=O)[O-])s2)CC1. The molecule has 0 bridgehead atoms. The number of amides is 2. The number of ether oxygens (including phenoxy) is 2. The maximum absolute atomic E-state index is 12.7. The maximum Gasteiger partial charge on any atom is 0.324 e. The van der Waals surface area contributed by atoms with Crippen LogP contribution in [0.25, 0.3) is 0 Å². The Morgan fingerprint density at radius 3 is 2.30 bits per heavy atom. The fourth-order valence-corrected chi connectivity index (χ4v) is 3.81. The maximum atomic E-state index is 12.7. The molecule has 0 unspecified atom stereocenters. The molecule has 2 amide bonds. The number of carbonyl (C=O) groups excluding carboxylic acids is 2. The molecular formula is C17H15N3O6S. The van der Waals surface area contributed by atoms with Crippen molar-refractivity contribution >= 4 is 28.2 Å². The Hall–Kier alpha value is -3.14. The van der Waals surface area contributed by atoms with Crippen LogP contribution in [0.2, 0.25) is 0 Å². The van der Waals surface area contributed by atoms with Crippen molar-refractivity contribution in [3.63, 3.8) is 0 Å². The number of fused-ring (bicyclic) bond motifs is 1. The summed E-state index contributed by atoms with van der Waals surface area (Å²) >= 11 is 0.861. The molecule has 9 nitrogen and oxygen atoms in total. The summed E-state index contributed by atoms with van der Waals surface area (Å²) in [5, 5.41) is 10.7. The third kappa shape index (κ3) is 3.31. The van der Waals surface area contributed by atoms with E-state index in [-0.39, 0.29) is 23.6 Å². The number of hydrogen-bond acceptors (Lipinski definition) is 7. The lowest BCUT2D eigenvalue weighted by molar-refractivity contribution is -0.380. The highest BCUT2D eigenvalue weighted by Gasteiger charge is 2.28. The third-order valence-electron chi connectivity index (χ3n) is 4.46. The molecule has 2 aliphatic rings. The summed E-state index contributed by atoms with van der Waals surface area (Å²) in [6, 6.07) is 7.86. The van der Waals surface area contributed by atoms with Gasteiger partial charge in [0.1, 0.15) is 0 Å². The number of nitrogens with zero attached hydrogens (tertiary/aromatic N) is 3. The van der Waals surface area contributed by atoms with Crippen LogP contribution in [0.15, 0.2) is 30.3 Å². The molecule has 140 valence electrons. The summed E-state index contributed by atoms with van der Waals surface area (Å²) in [5.74, 6) is 0.788. The minimum Gasteiger partial charge on any atom is -0.454 e. The van der Waals surface area contributed by atoms with Crippen molar-refractivity contribution in [1.82, 2.24) is 9.80 Å². The van der Waals surface area contributed by atoms with Crippen molar-refractivity contribution in [2.75, 3.05) is 33.0 Å². The van der Waals surface area contributed by atoms with E-state index in [1.165, 1.54) is 12.1 Å². The van der Waals surface area contributed by atoms with E-state index in [0.717, 1.165) is 11.3 Å². The number of hydrogen-bond donors (Lipinski definition) is 0. The Bertz CT molecular complexity index is 919. The summed E-state index contributed by atoms with van der Waals surface area (Å²) in [6.45, 7) is 1.69. The van der Waals surface area contributed by atoms with Crippen molar-refractivity contribution in [3.8, 4) is 11.5 Å². The molecular weight excluding hydrogens is 374 g/mol. The molecule has 0 radical (unpaired) electrons. The topological polar surface area (TPSA) is 102 Å². The fourth-order valence-electron chi connectivity index (χ4n) is 3.02. The van der Waals surface area contributed by atoms with Crippen molar-refractivity contribution in [2.45, 2.75) is 0 Å². The number of nitro groups is 1. The van der Waals surface area contributed by atoms with Crippen LogP contribution in [-0.2, 0) is 0 Å². The second-order valence-corrected chi connectivity index (χ2v) is 7.11. The summed E-state index contributed by atoms with van der Waals surface area (Å²) in [7, 11) is 0. The molecule has 1 aromatic heterocycles. The first-order valence-corrected chi connectivity index (χ1v) is 9.07. The Balaban J connectivity index is 1.38. The summed E-state index contributed by atoms with van der Waals surface area (Å²) < 4.78 is 10.5. The van der Waals surface area contributed by atoms with Gasteiger partial charge in [-0.05, 0) is 24.3 Å². The highest BCUT2D eigenvalue weighted by molar-refractivity contribution is 7.17. The van der Waals surface area contributed by atoms with E-state index >= 15 is 0 Å². The minimum atomic E-state index is -0.510. The van der Waals surface area contributed by atoms with Gasteiger partial charge in [0.25, 0.3) is 11.8 Å². The zero-order valence-corrected chi connectivity index (χ0v) is 14.9. The predicted molar refractivity (Wildman–Crippen MR) is 95.3 cm³/mol. The standard InChI is InChI=1S/C17H15N3O6S/c21-16(11-1-2-12-13(9-11)26-10-25-12)18-5-7-19(8-6-18)17(22)14-3-4-15(27-14)20(23)24/h1-4,9H,5-8,10H2. The highest BCUT2D eigenvalue weighted by Crippen LogP contribution is 2.33. The Morgan fingerprint density at radius 1 is 0.963 bits per heavy atom. The minimum absolute atomic E-state index is 0.0602. The van der Waals surface area contributed by atoms with E-state index in [1.54, 1.807) is 28.0 Å². The van der Waals surface area contributed by atoms with Gasteiger partial charge in [0.05, 0.1) is 9.80 Å². The second-order valence-electron chi connectivity index (χ2n) is 6.05. The molecule has 0 atom stereocenters. The third-order valence-corrected chi connectivity index (χ3v) is 5.48. The van der Waals surface area contributed by atoms with Gasteiger partial charge in [-0.1, -0.05) is 11.3 Å². The van der Waals surface area contributed by atoms with E-state index in [0.29, 0.717) is 48.1 Å². The Morgan fingerprint density at radius 2 is 1.63 bits per heavy atom. The Labute approximate surface area is 157 Å². The molecule has 4 rings (SSSR count). The molecule has 1 saturated heterocycles. The van der Waals surface area contributed by atoms with E-state index in [4.69, 9.17) is 9.47 Å². The summed E-state index contributed by atoms with van der Waals surface area (Å²) in [4.78, 5) is 39.0. The van der Waals surface area contributed by atoms with Gasteiger partial charge in [-0.3, -0.25) is 19.7 Å². The van der Waals surface area contributed by atoms with Crippen LogP contribution >= 0.6 is 11.3 Å². The van der Waals surface area contributed by atoms with Crippen molar-refractivity contribution < 1.29 is 24.0 Å². The molecule has 0 spiro atoms. The van der Waals surface area contributed by atoms with E-state index in [9.17, 15) is 19.7 Å². The lowest BCUT2D eigenvalue weighted by atomic mass is 10.1. The molecule has 2 aromatic rings. The lowest BCUT2D eigenvalue weighted by Gasteiger charge is -2.34. The number of thiophene rings is 1. The smallest absolute Gasteiger partial charge is 0.324 e. The van der Waals surface area contributed by atoms with Crippen molar-refractivity contribution in [3.05, 3.63) is 50.9 Å². The first kappa shape index (κ1) is 17.3. The molecule has 1 fully saturated rings. The van der Waals surface area contributed by atoms with Crippen LogP contribution in [0.1, 0.15) is 20.0 Å². The average molecular weight is 389 g/mol. The predicted octanol–water partition coefficient (Wildman–Crippen LogP) is 1.98. The molecule has 27 heavy (non-hydrogen) atoms. The summed E-state index contributed by atoms with van der Waals surface area (Å²) in [5.41, 5.74) is 0.507. The molecule has 0 N–H and O–H groups in total. The number of benzene rings is 1. The van der Waals surface area contributed by atoms with E-state index in [1.807, 2.05) is 0 Å². The zero-order valence-electron chi connectivity index (χ0n) is 14.1. The lowest BCUT2D eigenvalue weighted by Crippen LogP contribution is -2.50. The van der Waals surface area contributed by atoms with Crippen LogP contribution in [0.3, 0.4) is 0 Å². The van der Waals surface area contributed by atoms with Crippen LogP contribution in [0, 0.1) is 10.1 Å². The van der Waals surface area contributed by atoms with E-state index in [2.05, 4.69) is 0 Å². The van der Waals surface area contributed by atoms with Crippen molar-refractivity contribution in [1.29, 1.82) is 0 Å². The van der Waals surface area contributed by atoms with Gasteiger partial charge in [0.15, 0.2) is 11.5 Å². The molecule has 0 aliphatic carbocycles. The first-order valence-electron chi connectivity index (χ1n) is 8.25. The van der Waals surface area contributed by atoms with Gasteiger partial charge in [-0.15, -0.1) is 0 Å². The fraction of sp³-hybridized carbons (Fsp3) is 0.294. The quantitative estimate of drug-likeness (QED) is 0.588. The number of rotatable bonds is 3. The van der Waals surface area contributed by atoms with Gasteiger partial charge < -0.3 is 19.3 Å². The first-order chi connectivity index (χ1) is 13.0. The van der Waals surface area contributed by atoms with Gasteiger partial charge in [-0.2, -0.15) is 0 Å². The molecule has 10 heteroatoms. The van der Waals surface area contributed by atoms with Gasteiger partial charge in [0.2, 0.25) is 6.79 Å². The highest BCUT2D eigenvalue weighted by atomic mass is 32.1. The van der Waals surface area contributed by atoms with Crippen LogP contribution in [0.4, 0.5) is 5.00 Å². The molecule has 1 aromatic carbocycles. The normalized spacial score (nSPS) is 15.7. The average Bonchev–Trinajstić information content (AvgIpc) is 3.36. The zero-order chi connectivity index (χ0) is 19.0. The van der Waals surface area contributed by atoms with Gasteiger partial charge in [-0.25, -0.2) is 0 Å². The second kappa shape index (κ2) is 6.88. The van der Waals surface area contributed by atoms with Gasteiger partial charge in [0, 0.05) is 37.8 Å². The molecule has 2 aliphatic heterocycles. The van der Waals surface area contributed by atoms with Gasteiger partial charge >= 0.3 is 5.00 Å². The van der Waals surface area contributed by atoms with Crippen LogP contribution in [0.5, 0.6) is 11.5 Å². The number of carbonyl (C=O) groups is 2. The monoisotopic (exact) mass is 389 g/mol. The summed E-state index contributed by atoms with van der Waals surface area (Å²) in [6.07, 6.45) is 0. The van der Waals surface area contributed by atoms with Crippen molar-refractivity contribution in [2.24, 2.45) is 0 Å². The van der Waals surface area contributed by atoms with E-state index < -0.39 is 4.92 Å². The molecule has 3 heterocycles. The van der Waals surface area contributed by atoms with Crippen LogP contribution < -0.4 is 9.47 Å². The Kier molecular flexibility index (Phi) is 4.40.